The summed E-state index contributed by atoms with van der Waals surface area (Å²) in [6.45, 7) is 5.32. The molecule has 1 aromatic rings. The van der Waals surface area contributed by atoms with Crippen LogP contribution in [-0.2, 0) is 11.2 Å². The standard InChI is InChI=1S/C15H22N2O2/c1-3-11-6-7-14-12(10-11)17(9-5-8-16)15(18)13(4-2)19-14/h6-7,10,13H,3-5,8-9,16H2,1-2H3. The number of fused-ring (bicyclic) bond motifs is 1. The molecule has 0 fully saturated rings. The third kappa shape index (κ3) is 2.73. The van der Waals surface area contributed by atoms with Crippen molar-refractivity contribution in [3.8, 4) is 5.75 Å². The molecule has 0 aliphatic carbocycles. The van der Waals surface area contributed by atoms with Crippen molar-refractivity contribution in [2.24, 2.45) is 5.73 Å². The lowest BCUT2D eigenvalue weighted by atomic mass is 10.1. The quantitative estimate of drug-likeness (QED) is 0.884. The molecule has 1 heterocycles. The molecule has 1 aliphatic rings. The Morgan fingerprint density at radius 2 is 2.16 bits per heavy atom. The minimum atomic E-state index is -0.363. The van der Waals surface area contributed by atoms with Gasteiger partial charge in [-0.25, -0.2) is 0 Å². The first-order valence-corrected chi connectivity index (χ1v) is 7.02. The van der Waals surface area contributed by atoms with Crippen LogP contribution >= 0.6 is 0 Å². The van der Waals surface area contributed by atoms with E-state index in [1.165, 1.54) is 5.56 Å². The summed E-state index contributed by atoms with van der Waals surface area (Å²) in [6.07, 6.45) is 2.08. The molecular formula is C15H22N2O2. The van der Waals surface area contributed by atoms with Gasteiger partial charge in [0.2, 0.25) is 0 Å². The summed E-state index contributed by atoms with van der Waals surface area (Å²) in [7, 11) is 0. The van der Waals surface area contributed by atoms with E-state index in [9.17, 15) is 4.79 Å². The van der Waals surface area contributed by atoms with Crippen LogP contribution in [0.15, 0.2) is 18.2 Å². The van der Waals surface area contributed by atoms with E-state index in [-0.39, 0.29) is 12.0 Å². The second-order valence-corrected chi connectivity index (χ2v) is 4.80. The van der Waals surface area contributed by atoms with Crippen LogP contribution in [-0.4, -0.2) is 25.1 Å². The zero-order valence-electron chi connectivity index (χ0n) is 11.7. The largest absolute Gasteiger partial charge is 0.478 e. The number of nitrogens with zero attached hydrogens (tertiary/aromatic N) is 1. The minimum Gasteiger partial charge on any atom is -0.478 e. The lowest BCUT2D eigenvalue weighted by molar-refractivity contribution is -0.126. The predicted octanol–water partition coefficient (Wildman–Crippen LogP) is 2.10. The fourth-order valence-corrected chi connectivity index (χ4v) is 2.33. The summed E-state index contributed by atoms with van der Waals surface area (Å²) in [5.41, 5.74) is 7.67. The van der Waals surface area contributed by atoms with Crippen LogP contribution in [0.3, 0.4) is 0 Å². The summed E-state index contributed by atoms with van der Waals surface area (Å²) < 4.78 is 5.78. The number of nitrogens with two attached hydrogens (primary N) is 1. The van der Waals surface area contributed by atoms with E-state index in [2.05, 4.69) is 19.1 Å². The van der Waals surface area contributed by atoms with E-state index in [1.807, 2.05) is 17.9 Å². The average molecular weight is 262 g/mol. The van der Waals surface area contributed by atoms with Crippen LogP contribution in [0.5, 0.6) is 5.75 Å². The molecule has 1 unspecified atom stereocenters. The van der Waals surface area contributed by atoms with E-state index < -0.39 is 0 Å². The van der Waals surface area contributed by atoms with E-state index in [0.29, 0.717) is 19.5 Å². The monoisotopic (exact) mass is 262 g/mol. The van der Waals surface area contributed by atoms with E-state index in [0.717, 1.165) is 24.3 Å². The number of carbonyl (C=O) groups excluding carboxylic acids is 1. The summed E-state index contributed by atoms with van der Waals surface area (Å²) in [4.78, 5) is 14.2. The fourth-order valence-electron chi connectivity index (χ4n) is 2.33. The zero-order chi connectivity index (χ0) is 13.8. The van der Waals surface area contributed by atoms with E-state index in [1.54, 1.807) is 0 Å². The molecule has 0 spiro atoms. The number of amides is 1. The number of benzene rings is 1. The Hall–Kier alpha value is -1.55. The van der Waals surface area contributed by atoms with Crippen molar-refractivity contribution in [2.75, 3.05) is 18.0 Å². The summed E-state index contributed by atoms with van der Waals surface area (Å²) in [5.74, 6) is 0.859. The van der Waals surface area contributed by atoms with Gasteiger partial charge in [0.25, 0.3) is 5.91 Å². The average Bonchev–Trinajstić information content (AvgIpc) is 2.45. The molecule has 0 saturated carbocycles. The Balaban J connectivity index is 2.36. The van der Waals surface area contributed by atoms with E-state index in [4.69, 9.17) is 10.5 Å². The van der Waals surface area contributed by atoms with Crippen molar-refractivity contribution in [3.05, 3.63) is 23.8 Å². The number of carbonyl (C=O) groups is 1. The lowest BCUT2D eigenvalue weighted by Crippen LogP contribution is -2.46. The molecular weight excluding hydrogens is 240 g/mol. The smallest absolute Gasteiger partial charge is 0.268 e. The van der Waals surface area contributed by atoms with Gasteiger partial charge >= 0.3 is 0 Å². The van der Waals surface area contributed by atoms with Crippen LogP contribution in [0.1, 0.15) is 32.3 Å². The Labute approximate surface area is 114 Å². The first-order chi connectivity index (χ1) is 9.21. The van der Waals surface area contributed by atoms with Gasteiger partial charge in [-0.3, -0.25) is 4.79 Å². The summed E-state index contributed by atoms with van der Waals surface area (Å²) in [6, 6.07) is 6.08. The number of hydrogen-bond acceptors (Lipinski definition) is 3. The third-order valence-electron chi connectivity index (χ3n) is 3.49. The van der Waals surface area contributed by atoms with Gasteiger partial charge in [0.05, 0.1) is 5.69 Å². The van der Waals surface area contributed by atoms with Crippen molar-refractivity contribution < 1.29 is 9.53 Å². The van der Waals surface area contributed by atoms with Gasteiger partial charge in [0.1, 0.15) is 5.75 Å². The number of anilines is 1. The number of rotatable bonds is 5. The molecule has 0 bridgehead atoms. The number of hydrogen-bond donors (Lipinski definition) is 1. The number of ether oxygens (including phenoxy) is 1. The van der Waals surface area contributed by atoms with Crippen molar-refractivity contribution in [1.29, 1.82) is 0 Å². The molecule has 0 aromatic heterocycles. The first-order valence-electron chi connectivity index (χ1n) is 7.02. The van der Waals surface area contributed by atoms with Gasteiger partial charge in [-0.15, -0.1) is 0 Å². The molecule has 4 nitrogen and oxygen atoms in total. The molecule has 19 heavy (non-hydrogen) atoms. The maximum Gasteiger partial charge on any atom is 0.268 e. The fraction of sp³-hybridized carbons (Fsp3) is 0.533. The van der Waals surface area contributed by atoms with Gasteiger partial charge in [-0.2, -0.15) is 0 Å². The van der Waals surface area contributed by atoms with Gasteiger partial charge in [0, 0.05) is 6.54 Å². The van der Waals surface area contributed by atoms with Crippen LogP contribution in [0, 0.1) is 0 Å². The maximum absolute atomic E-state index is 12.4. The Morgan fingerprint density at radius 1 is 1.37 bits per heavy atom. The van der Waals surface area contributed by atoms with Crippen LogP contribution < -0.4 is 15.4 Å². The summed E-state index contributed by atoms with van der Waals surface area (Å²) in [5, 5.41) is 0. The molecule has 0 saturated heterocycles. The number of aryl methyl sites for hydroxylation is 1. The van der Waals surface area contributed by atoms with Crippen molar-refractivity contribution in [1.82, 2.24) is 0 Å². The molecule has 104 valence electrons. The molecule has 1 aromatic carbocycles. The molecule has 1 atom stereocenters. The molecule has 2 N–H and O–H groups in total. The highest BCUT2D eigenvalue weighted by molar-refractivity contribution is 6.00. The van der Waals surface area contributed by atoms with E-state index >= 15 is 0 Å². The molecule has 4 heteroatoms. The van der Waals surface area contributed by atoms with Gasteiger partial charge < -0.3 is 15.4 Å². The van der Waals surface area contributed by atoms with Crippen LogP contribution in [0.2, 0.25) is 0 Å². The molecule has 2 rings (SSSR count). The van der Waals surface area contributed by atoms with Gasteiger partial charge in [0.15, 0.2) is 6.10 Å². The van der Waals surface area contributed by atoms with Gasteiger partial charge in [-0.1, -0.05) is 19.9 Å². The molecule has 1 aliphatic heterocycles. The SMILES string of the molecule is CCc1ccc2c(c1)N(CCCN)C(=O)C(CC)O2. The first kappa shape index (κ1) is 13.9. The zero-order valence-corrected chi connectivity index (χ0v) is 11.7. The van der Waals surface area contributed by atoms with Crippen LogP contribution in [0.4, 0.5) is 5.69 Å². The van der Waals surface area contributed by atoms with Crippen molar-refractivity contribution in [3.63, 3.8) is 0 Å². The summed E-state index contributed by atoms with van der Waals surface area (Å²) >= 11 is 0. The van der Waals surface area contributed by atoms with Crippen LogP contribution in [0.25, 0.3) is 0 Å². The molecule has 1 amide bonds. The predicted molar refractivity (Wildman–Crippen MR) is 76.6 cm³/mol. The lowest BCUT2D eigenvalue weighted by Gasteiger charge is -2.34. The second kappa shape index (κ2) is 6.06. The highest BCUT2D eigenvalue weighted by atomic mass is 16.5. The van der Waals surface area contributed by atoms with Gasteiger partial charge in [-0.05, 0) is 43.5 Å². The Kier molecular flexibility index (Phi) is 4.43. The van der Waals surface area contributed by atoms with Crippen molar-refractivity contribution >= 4 is 11.6 Å². The Morgan fingerprint density at radius 3 is 2.79 bits per heavy atom. The highest BCUT2D eigenvalue weighted by Crippen LogP contribution is 2.35. The molecule has 0 radical (unpaired) electrons. The third-order valence-corrected chi connectivity index (χ3v) is 3.49. The van der Waals surface area contributed by atoms with Crippen molar-refractivity contribution in [2.45, 2.75) is 39.2 Å². The highest BCUT2D eigenvalue weighted by Gasteiger charge is 2.32. The normalized spacial score (nSPS) is 18.2. The Bertz CT molecular complexity index is 459. The maximum atomic E-state index is 12.4. The minimum absolute atomic E-state index is 0.0525. The second-order valence-electron chi connectivity index (χ2n) is 4.80. The topological polar surface area (TPSA) is 55.6 Å².